The van der Waals surface area contributed by atoms with E-state index >= 15 is 0 Å². The summed E-state index contributed by atoms with van der Waals surface area (Å²) < 4.78 is 7.57. The maximum atomic E-state index is 13.6. The zero-order chi connectivity index (χ0) is 22.2. The summed E-state index contributed by atoms with van der Waals surface area (Å²) >= 11 is 6.04. The Labute approximate surface area is 189 Å². The third-order valence-corrected chi connectivity index (χ3v) is 5.79. The van der Waals surface area contributed by atoms with Gasteiger partial charge in [0.1, 0.15) is 12.0 Å². The summed E-state index contributed by atoms with van der Waals surface area (Å²) in [5, 5.41) is 5.62. The van der Waals surface area contributed by atoms with Crippen molar-refractivity contribution in [2.24, 2.45) is 0 Å². The second-order valence-electron chi connectivity index (χ2n) is 7.69. The van der Waals surface area contributed by atoms with Crippen LogP contribution in [0.15, 0.2) is 71.6 Å². The Balaban J connectivity index is 1.60. The highest BCUT2D eigenvalue weighted by atomic mass is 35.5. The average Bonchev–Trinajstić information content (AvgIpc) is 3.39. The van der Waals surface area contributed by atoms with Gasteiger partial charge in [-0.15, -0.1) is 0 Å². The molecule has 0 amide bonds. The van der Waals surface area contributed by atoms with Crippen molar-refractivity contribution in [1.29, 1.82) is 0 Å². The van der Waals surface area contributed by atoms with Gasteiger partial charge < -0.3 is 9.09 Å². The molecular weight excluding hydrogens is 424 g/mol. The minimum atomic E-state index is -0.208. The molecule has 2 aromatic carbocycles. The molecule has 0 saturated carbocycles. The van der Waals surface area contributed by atoms with Crippen molar-refractivity contribution in [3.63, 3.8) is 0 Å². The van der Waals surface area contributed by atoms with Crippen molar-refractivity contribution in [3.05, 3.63) is 100 Å². The van der Waals surface area contributed by atoms with E-state index in [0.29, 0.717) is 28.5 Å². The van der Waals surface area contributed by atoms with Gasteiger partial charge in [-0.25, -0.2) is 9.97 Å². The highest BCUT2D eigenvalue weighted by Crippen LogP contribution is 2.31. The Hall–Kier alpha value is -3.77. The van der Waals surface area contributed by atoms with Crippen LogP contribution in [-0.4, -0.2) is 25.5 Å². The highest BCUT2D eigenvalue weighted by molar-refractivity contribution is 6.30. The van der Waals surface area contributed by atoms with E-state index in [4.69, 9.17) is 16.1 Å². The molecule has 0 atom stereocenters. The average molecular weight is 443 g/mol. The summed E-state index contributed by atoms with van der Waals surface area (Å²) in [5.74, 6) is -0.0328. The van der Waals surface area contributed by atoms with Crippen molar-refractivity contribution in [2.75, 3.05) is 0 Å². The lowest BCUT2D eigenvalue weighted by Gasteiger charge is -2.09. The van der Waals surface area contributed by atoms with E-state index in [0.717, 1.165) is 27.7 Å². The minimum Gasteiger partial charge on any atom is -0.352 e. The number of nitrogens with zero attached hydrogens (tertiary/aromatic N) is 4. The quantitative estimate of drug-likeness (QED) is 0.329. The van der Waals surface area contributed by atoms with Crippen molar-refractivity contribution in [1.82, 2.24) is 19.7 Å². The van der Waals surface area contributed by atoms with Crippen LogP contribution in [0.4, 0.5) is 0 Å². The van der Waals surface area contributed by atoms with E-state index in [9.17, 15) is 4.79 Å². The Kier molecular flexibility index (Phi) is 5.07. The smallest absolute Gasteiger partial charge is 0.233 e. The number of benzene rings is 2. The zero-order valence-corrected chi connectivity index (χ0v) is 18.3. The second kappa shape index (κ2) is 8.05. The number of aryl methyl sites for hydroxylation is 1. The van der Waals surface area contributed by atoms with Gasteiger partial charge in [0.15, 0.2) is 0 Å². The maximum Gasteiger partial charge on any atom is 0.233 e. The normalized spacial score (nSPS) is 11.2. The molecule has 0 aliphatic rings. The van der Waals surface area contributed by atoms with Gasteiger partial charge in [-0.3, -0.25) is 4.79 Å². The lowest BCUT2D eigenvalue weighted by molar-refractivity contribution is 0.100. The number of ketones is 1. The third-order valence-electron chi connectivity index (χ3n) is 5.54. The van der Waals surface area contributed by atoms with Crippen LogP contribution in [0.5, 0.6) is 0 Å². The van der Waals surface area contributed by atoms with E-state index in [-0.39, 0.29) is 11.5 Å². The second-order valence-corrected chi connectivity index (χ2v) is 8.13. The maximum absolute atomic E-state index is 13.6. The molecule has 0 unspecified atom stereocenters. The molecule has 0 spiro atoms. The summed E-state index contributed by atoms with van der Waals surface area (Å²) in [5.41, 5.74) is 5.74. The number of fused-ring (bicyclic) bond motifs is 1. The van der Waals surface area contributed by atoms with Crippen molar-refractivity contribution < 1.29 is 9.32 Å². The van der Waals surface area contributed by atoms with E-state index in [1.54, 1.807) is 18.3 Å². The van der Waals surface area contributed by atoms with Crippen molar-refractivity contribution in [3.8, 4) is 11.4 Å². The molecule has 0 saturated heterocycles. The van der Waals surface area contributed by atoms with Crippen LogP contribution in [0, 0.1) is 13.8 Å². The largest absolute Gasteiger partial charge is 0.352 e. The van der Waals surface area contributed by atoms with E-state index in [1.165, 1.54) is 6.33 Å². The predicted molar refractivity (Wildman–Crippen MR) is 123 cm³/mol. The number of rotatable bonds is 5. The fraction of sp³-hybridized carbons (Fsp3) is 0.120. The standard InChI is InChI=1S/C25H19ClN4O2/c1-15-3-8-22-19(11-15)24(16(2)30(22)13-17-4-6-18(26)7-5-17)25(31)23-12-21(29-32-23)20-9-10-27-14-28-20/h3-12,14H,13H2,1-2H3. The number of aromatic nitrogens is 4. The Morgan fingerprint density at radius 2 is 1.84 bits per heavy atom. The van der Waals surface area contributed by atoms with Crippen molar-refractivity contribution >= 4 is 28.3 Å². The molecule has 0 bridgehead atoms. The molecule has 0 radical (unpaired) electrons. The van der Waals surface area contributed by atoms with Gasteiger partial charge in [0.25, 0.3) is 0 Å². The number of carbonyl (C=O) groups is 1. The van der Waals surface area contributed by atoms with Crippen LogP contribution in [0.3, 0.4) is 0 Å². The molecule has 0 fully saturated rings. The molecule has 158 valence electrons. The Morgan fingerprint density at radius 1 is 1.03 bits per heavy atom. The van der Waals surface area contributed by atoms with Crippen LogP contribution < -0.4 is 0 Å². The molecule has 6 nitrogen and oxygen atoms in total. The van der Waals surface area contributed by atoms with Crippen LogP contribution in [0.1, 0.15) is 32.9 Å². The van der Waals surface area contributed by atoms with Gasteiger partial charge in [0.05, 0.1) is 11.3 Å². The van der Waals surface area contributed by atoms with E-state index < -0.39 is 0 Å². The van der Waals surface area contributed by atoms with Gasteiger partial charge in [0, 0.05) is 40.4 Å². The zero-order valence-electron chi connectivity index (χ0n) is 17.5. The monoisotopic (exact) mass is 442 g/mol. The molecule has 0 aliphatic heterocycles. The van der Waals surface area contributed by atoms with Gasteiger partial charge in [-0.05, 0) is 49.7 Å². The van der Waals surface area contributed by atoms with E-state index in [2.05, 4.69) is 31.8 Å². The summed E-state index contributed by atoms with van der Waals surface area (Å²) in [6, 6.07) is 17.2. The molecule has 5 rings (SSSR count). The van der Waals surface area contributed by atoms with Crippen LogP contribution >= 0.6 is 11.6 Å². The highest BCUT2D eigenvalue weighted by Gasteiger charge is 2.25. The molecule has 3 heterocycles. The van der Waals surface area contributed by atoms with E-state index in [1.807, 2.05) is 44.2 Å². The molecule has 3 aromatic heterocycles. The van der Waals surface area contributed by atoms with Crippen LogP contribution in [-0.2, 0) is 6.54 Å². The van der Waals surface area contributed by atoms with Crippen LogP contribution in [0.25, 0.3) is 22.3 Å². The van der Waals surface area contributed by atoms with Crippen LogP contribution in [0.2, 0.25) is 5.02 Å². The first-order valence-electron chi connectivity index (χ1n) is 10.1. The predicted octanol–water partition coefficient (Wildman–Crippen LogP) is 5.64. The lowest BCUT2D eigenvalue weighted by atomic mass is 10.0. The SMILES string of the molecule is Cc1ccc2c(c1)c(C(=O)c1cc(-c3ccncn3)no1)c(C)n2Cc1ccc(Cl)cc1. The van der Waals surface area contributed by atoms with Crippen molar-refractivity contribution in [2.45, 2.75) is 20.4 Å². The first kappa shape index (κ1) is 20.2. The third kappa shape index (κ3) is 3.59. The molecule has 0 N–H and O–H groups in total. The number of halogens is 1. The fourth-order valence-corrected chi connectivity index (χ4v) is 4.05. The summed E-state index contributed by atoms with van der Waals surface area (Å²) in [7, 11) is 0. The molecular formula is C25H19ClN4O2. The van der Waals surface area contributed by atoms with Gasteiger partial charge in [0.2, 0.25) is 11.5 Å². The molecule has 0 aliphatic carbocycles. The van der Waals surface area contributed by atoms with Gasteiger partial charge >= 0.3 is 0 Å². The van der Waals surface area contributed by atoms with Gasteiger partial charge in [-0.2, -0.15) is 0 Å². The summed E-state index contributed by atoms with van der Waals surface area (Å²) in [4.78, 5) is 21.6. The first-order chi connectivity index (χ1) is 15.5. The first-order valence-corrected chi connectivity index (χ1v) is 10.5. The number of carbonyl (C=O) groups excluding carboxylic acids is 1. The lowest BCUT2D eigenvalue weighted by Crippen LogP contribution is -2.05. The Morgan fingerprint density at radius 3 is 2.59 bits per heavy atom. The molecule has 7 heteroatoms. The topological polar surface area (TPSA) is 73.8 Å². The number of hydrogen-bond acceptors (Lipinski definition) is 5. The minimum absolute atomic E-state index is 0.175. The summed E-state index contributed by atoms with van der Waals surface area (Å²) in [6.07, 6.45) is 3.05. The molecule has 5 aromatic rings. The molecule has 32 heavy (non-hydrogen) atoms. The number of hydrogen-bond donors (Lipinski definition) is 0. The fourth-order valence-electron chi connectivity index (χ4n) is 3.93. The Bertz CT molecular complexity index is 1440. The van der Waals surface area contributed by atoms with Gasteiger partial charge in [-0.1, -0.05) is 40.5 Å². The summed E-state index contributed by atoms with van der Waals surface area (Å²) in [6.45, 7) is 4.60.